The molecule has 0 aliphatic rings. The Balaban J connectivity index is 0.000000336. The van der Waals surface area contributed by atoms with Gasteiger partial charge in [-0.05, 0) is 37.2 Å². The average molecular weight is 230 g/mol. The molecule has 0 aromatic heterocycles. The molecule has 0 saturated heterocycles. The highest BCUT2D eigenvalue weighted by atomic mass is 32.3. The van der Waals surface area contributed by atoms with Crippen LogP contribution in [0.15, 0.2) is 30.3 Å². The van der Waals surface area contributed by atoms with Crippen molar-refractivity contribution >= 4 is 10.0 Å². The minimum atomic E-state index is -0.167. The number of hydrogen-bond acceptors (Lipinski definition) is 2. The standard InChI is InChI=1S/C8H10O2.C4H12S/c9-6-7-10-8-4-2-1-3-5-8;1-5(2,3)4/h1-5,9H,6-7H2;1-4H3. The van der Waals surface area contributed by atoms with Gasteiger partial charge in [-0.25, -0.2) is 0 Å². The Hall–Kier alpha value is -0.670. The highest BCUT2D eigenvalue weighted by molar-refractivity contribution is 8.31. The molecule has 0 saturated carbocycles. The number of hydrogen-bond donors (Lipinski definition) is 1. The molecule has 0 aliphatic carbocycles. The second-order valence-corrected chi connectivity index (χ2v) is 9.23. The van der Waals surface area contributed by atoms with E-state index in [0.717, 1.165) is 5.75 Å². The molecule has 0 aliphatic heterocycles. The highest BCUT2D eigenvalue weighted by Crippen LogP contribution is 2.27. The Kier molecular flexibility index (Phi) is 7.26. The molecule has 88 valence electrons. The van der Waals surface area contributed by atoms with Crippen LogP contribution in [0.2, 0.25) is 0 Å². The van der Waals surface area contributed by atoms with Crippen LogP contribution in [0.1, 0.15) is 0 Å². The Bertz CT molecular complexity index is 236. The van der Waals surface area contributed by atoms with Gasteiger partial charge < -0.3 is 9.84 Å². The summed E-state index contributed by atoms with van der Waals surface area (Å²) < 4.78 is 5.11. The van der Waals surface area contributed by atoms with E-state index in [0.29, 0.717) is 6.61 Å². The largest absolute Gasteiger partial charge is 0.491 e. The van der Waals surface area contributed by atoms with Crippen molar-refractivity contribution in [2.75, 3.05) is 38.2 Å². The monoisotopic (exact) mass is 230 g/mol. The van der Waals surface area contributed by atoms with E-state index in [9.17, 15) is 0 Å². The van der Waals surface area contributed by atoms with E-state index in [1.807, 2.05) is 30.3 Å². The van der Waals surface area contributed by atoms with E-state index in [2.05, 4.69) is 25.0 Å². The second kappa shape index (κ2) is 7.60. The van der Waals surface area contributed by atoms with E-state index in [1.54, 1.807) is 0 Å². The third kappa shape index (κ3) is 13.3. The van der Waals surface area contributed by atoms with E-state index in [4.69, 9.17) is 9.84 Å². The first kappa shape index (κ1) is 14.3. The molecule has 1 N–H and O–H groups in total. The van der Waals surface area contributed by atoms with Crippen LogP contribution in [0, 0.1) is 0 Å². The lowest BCUT2D eigenvalue weighted by atomic mass is 10.3. The zero-order valence-electron chi connectivity index (χ0n) is 10.1. The third-order valence-corrected chi connectivity index (χ3v) is 1.10. The molecular formula is C12H22O2S. The smallest absolute Gasteiger partial charge is 0.119 e. The maximum absolute atomic E-state index is 8.40. The van der Waals surface area contributed by atoms with Crippen LogP contribution < -0.4 is 4.74 Å². The fourth-order valence-electron chi connectivity index (χ4n) is 0.680. The van der Waals surface area contributed by atoms with Gasteiger partial charge in [0.2, 0.25) is 0 Å². The molecule has 3 heteroatoms. The van der Waals surface area contributed by atoms with Gasteiger partial charge in [0.25, 0.3) is 0 Å². The fraction of sp³-hybridized carbons (Fsp3) is 0.500. The summed E-state index contributed by atoms with van der Waals surface area (Å²) in [6.07, 6.45) is 9.08. The molecule has 0 unspecified atom stereocenters. The van der Waals surface area contributed by atoms with Crippen molar-refractivity contribution in [3.63, 3.8) is 0 Å². The first-order chi connectivity index (χ1) is 6.93. The van der Waals surface area contributed by atoms with E-state index in [-0.39, 0.29) is 16.6 Å². The van der Waals surface area contributed by atoms with E-state index >= 15 is 0 Å². The maximum Gasteiger partial charge on any atom is 0.119 e. The maximum atomic E-state index is 8.40. The van der Waals surface area contributed by atoms with Crippen molar-refractivity contribution < 1.29 is 9.84 Å². The van der Waals surface area contributed by atoms with Crippen molar-refractivity contribution in [2.45, 2.75) is 0 Å². The first-order valence-corrected chi connectivity index (χ1v) is 8.12. The number of para-hydroxylation sites is 1. The number of aliphatic hydroxyl groups excluding tert-OH is 1. The molecule has 0 atom stereocenters. The summed E-state index contributed by atoms with van der Waals surface area (Å²) >= 11 is 0. The van der Waals surface area contributed by atoms with Gasteiger partial charge in [-0.3, -0.25) is 10.0 Å². The molecule has 15 heavy (non-hydrogen) atoms. The summed E-state index contributed by atoms with van der Waals surface area (Å²) in [5.74, 6) is 0.802. The fourth-order valence-corrected chi connectivity index (χ4v) is 0.680. The molecule has 0 radical (unpaired) electrons. The van der Waals surface area contributed by atoms with Crippen LogP contribution in [-0.4, -0.2) is 43.3 Å². The average Bonchev–Trinajstić information content (AvgIpc) is 2.14. The zero-order chi connectivity index (χ0) is 11.7. The van der Waals surface area contributed by atoms with Crippen molar-refractivity contribution in [1.29, 1.82) is 0 Å². The lowest BCUT2D eigenvalue weighted by Crippen LogP contribution is -2.00. The SMILES string of the molecule is CS(C)(C)C.OCCOc1ccccc1. The topological polar surface area (TPSA) is 29.5 Å². The van der Waals surface area contributed by atoms with Crippen LogP contribution >= 0.6 is 10.0 Å². The number of rotatable bonds is 3. The van der Waals surface area contributed by atoms with Gasteiger partial charge >= 0.3 is 0 Å². The number of benzene rings is 1. The second-order valence-electron chi connectivity index (χ2n) is 4.33. The van der Waals surface area contributed by atoms with Crippen molar-refractivity contribution in [2.24, 2.45) is 0 Å². The third-order valence-electron chi connectivity index (χ3n) is 1.10. The van der Waals surface area contributed by atoms with Crippen LogP contribution in [0.3, 0.4) is 0 Å². The predicted molar refractivity (Wildman–Crippen MR) is 70.3 cm³/mol. The molecule has 0 bridgehead atoms. The van der Waals surface area contributed by atoms with Crippen LogP contribution in [-0.2, 0) is 0 Å². The van der Waals surface area contributed by atoms with Gasteiger partial charge in [-0.2, -0.15) is 0 Å². The van der Waals surface area contributed by atoms with Crippen LogP contribution in [0.5, 0.6) is 5.75 Å². The lowest BCUT2D eigenvalue weighted by molar-refractivity contribution is 0.201. The van der Waals surface area contributed by atoms with E-state index < -0.39 is 0 Å². The molecule has 0 fully saturated rings. The Morgan fingerprint density at radius 2 is 1.53 bits per heavy atom. The summed E-state index contributed by atoms with van der Waals surface area (Å²) in [6.45, 7) is 0.429. The molecule has 0 spiro atoms. The number of ether oxygens (including phenoxy) is 1. The van der Waals surface area contributed by atoms with Crippen LogP contribution in [0.25, 0.3) is 0 Å². The molecule has 0 amide bonds. The summed E-state index contributed by atoms with van der Waals surface area (Å²) in [5, 5.41) is 8.40. The molecule has 0 heterocycles. The van der Waals surface area contributed by atoms with Crippen molar-refractivity contribution in [3.05, 3.63) is 30.3 Å². The summed E-state index contributed by atoms with van der Waals surface area (Å²) in [5.41, 5.74) is 0. The minimum Gasteiger partial charge on any atom is -0.491 e. The zero-order valence-corrected chi connectivity index (χ0v) is 10.9. The Labute approximate surface area is 94.6 Å². The summed E-state index contributed by atoms with van der Waals surface area (Å²) in [4.78, 5) is 0. The van der Waals surface area contributed by atoms with Crippen molar-refractivity contribution in [3.8, 4) is 5.75 Å². The van der Waals surface area contributed by atoms with Crippen molar-refractivity contribution in [1.82, 2.24) is 0 Å². The number of aliphatic hydroxyl groups is 1. The minimum absolute atomic E-state index is 0.0644. The molecule has 1 rings (SSSR count). The predicted octanol–water partition coefficient (Wildman–Crippen LogP) is 2.37. The molecular weight excluding hydrogens is 208 g/mol. The highest BCUT2D eigenvalue weighted by Gasteiger charge is 1.87. The molecule has 1 aromatic carbocycles. The summed E-state index contributed by atoms with van der Waals surface area (Å²) in [6, 6.07) is 9.43. The molecule has 2 nitrogen and oxygen atoms in total. The van der Waals surface area contributed by atoms with Gasteiger partial charge in [0.15, 0.2) is 0 Å². The normalized spacial score (nSPS) is 11.3. The lowest BCUT2D eigenvalue weighted by Gasteiger charge is -2.15. The summed E-state index contributed by atoms with van der Waals surface area (Å²) in [7, 11) is -0.167. The first-order valence-electron chi connectivity index (χ1n) is 4.85. The Morgan fingerprint density at radius 1 is 1.07 bits per heavy atom. The van der Waals surface area contributed by atoms with Crippen LogP contribution in [0.4, 0.5) is 0 Å². The van der Waals surface area contributed by atoms with Gasteiger partial charge in [-0.1, -0.05) is 18.2 Å². The van der Waals surface area contributed by atoms with Gasteiger partial charge in [0.1, 0.15) is 12.4 Å². The van der Waals surface area contributed by atoms with Gasteiger partial charge in [0, 0.05) is 0 Å². The van der Waals surface area contributed by atoms with E-state index in [1.165, 1.54) is 0 Å². The van der Waals surface area contributed by atoms with Gasteiger partial charge in [-0.15, -0.1) is 0 Å². The van der Waals surface area contributed by atoms with Gasteiger partial charge in [0.05, 0.1) is 6.61 Å². The Morgan fingerprint density at radius 3 is 1.93 bits per heavy atom. The molecule has 1 aromatic rings. The quantitative estimate of drug-likeness (QED) is 0.864.